The number of benzene rings is 3. The van der Waals surface area contributed by atoms with Gasteiger partial charge in [-0.05, 0) is 41.8 Å². The van der Waals surface area contributed by atoms with E-state index in [1.807, 2.05) is 72.8 Å². The maximum atomic E-state index is 13.6. The summed E-state index contributed by atoms with van der Waals surface area (Å²) in [4.78, 5) is 33.0. The Morgan fingerprint density at radius 3 is 2.26 bits per heavy atom. The molecule has 1 aliphatic rings. The first-order chi connectivity index (χ1) is 17.1. The highest BCUT2D eigenvalue weighted by molar-refractivity contribution is 9.10. The van der Waals surface area contributed by atoms with Gasteiger partial charge in [-0.1, -0.05) is 76.6 Å². The molecule has 1 amide bonds. The molecule has 0 saturated heterocycles. The highest BCUT2D eigenvalue weighted by Gasteiger charge is 2.27. The summed E-state index contributed by atoms with van der Waals surface area (Å²) in [5.74, 6) is 1.16. The van der Waals surface area contributed by atoms with Gasteiger partial charge < -0.3 is 9.64 Å². The third-order valence-corrected chi connectivity index (χ3v) is 6.59. The Kier molecular flexibility index (Phi) is 6.77. The molecular formula is C28H24BrN3O3. The van der Waals surface area contributed by atoms with Gasteiger partial charge in [-0.15, -0.1) is 0 Å². The normalized spacial score (nSPS) is 12.8. The molecule has 0 N–H and O–H groups in total. The number of carbonyl (C=O) groups is 1. The molecule has 35 heavy (non-hydrogen) atoms. The van der Waals surface area contributed by atoms with Gasteiger partial charge in [0.25, 0.3) is 5.56 Å². The van der Waals surface area contributed by atoms with Crippen molar-refractivity contribution in [2.75, 3.05) is 6.54 Å². The quantitative estimate of drug-likeness (QED) is 0.356. The first-order valence-corrected chi connectivity index (χ1v) is 12.3. The standard InChI is InChI=1S/C28H24BrN3O3/c29-22-11-13-23(14-12-22)35-28(34)31-16-15-24-25(19-31)30-26(17-20-7-3-1-4-8-20)32(27(24)33)18-21-9-5-2-6-10-21/h1-14H,15-19H2. The van der Waals surface area contributed by atoms with Gasteiger partial charge in [-0.2, -0.15) is 0 Å². The predicted molar refractivity (Wildman–Crippen MR) is 138 cm³/mol. The second kappa shape index (κ2) is 10.3. The van der Waals surface area contributed by atoms with E-state index in [-0.39, 0.29) is 12.1 Å². The second-order valence-corrected chi connectivity index (χ2v) is 9.40. The zero-order chi connectivity index (χ0) is 24.2. The van der Waals surface area contributed by atoms with E-state index < -0.39 is 6.09 Å². The largest absolute Gasteiger partial charge is 0.415 e. The van der Waals surface area contributed by atoms with E-state index in [0.717, 1.165) is 15.6 Å². The van der Waals surface area contributed by atoms with Crippen LogP contribution in [0.2, 0.25) is 0 Å². The molecule has 1 aliphatic heterocycles. The molecule has 0 radical (unpaired) electrons. The lowest BCUT2D eigenvalue weighted by Gasteiger charge is -2.28. The van der Waals surface area contributed by atoms with Crippen LogP contribution in [0.25, 0.3) is 0 Å². The van der Waals surface area contributed by atoms with E-state index in [1.54, 1.807) is 21.6 Å². The molecule has 7 heteroatoms. The summed E-state index contributed by atoms with van der Waals surface area (Å²) in [5, 5.41) is 0. The lowest BCUT2D eigenvalue weighted by atomic mass is 10.1. The fourth-order valence-electron chi connectivity index (χ4n) is 4.24. The van der Waals surface area contributed by atoms with Crippen LogP contribution in [0.1, 0.15) is 28.2 Å². The fourth-order valence-corrected chi connectivity index (χ4v) is 4.51. The molecule has 0 bridgehead atoms. The lowest BCUT2D eigenvalue weighted by Crippen LogP contribution is -2.42. The third kappa shape index (κ3) is 5.35. The molecule has 0 atom stereocenters. The molecule has 3 aromatic carbocycles. The number of carbonyl (C=O) groups excluding carboxylic acids is 1. The Hall–Kier alpha value is -3.71. The van der Waals surface area contributed by atoms with Gasteiger partial charge in [-0.25, -0.2) is 9.78 Å². The molecule has 0 fully saturated rings. The minimum atomic E-state index is -0.446. The van der Waals surface area contributed by atoms with Crippen molar-refractivity contribution in [2.24, 2.45) is 0 Å². The average Bonchev–Trinajstić information content (AvgIpc) is 2.88. The van der Waals surface area contributed by atoms with E-state index >= 15 is 0 Å². The van der Waals surface area contributed by atoms with Crippen LogP contribution in [0.4, 0.5) is 4.79 Å². The number of hydrogen-bond acceptors (Lipinski definition) is 4. The summed E-state index contributed by atoms with van der Waals surface area (Å²) < 4.78 is 8.22. The summed E-state index contributed by atoms with van der Waals surface area (Å²) in [6.45, 7) is 1.11. The molecule has 2 heterocycles. The monoisotopic (exact) mass is 529 g/mol. The summed E-state index contributed by atoms with van der Waals surface area (Å²) >= 11 is 3.38. The molecule has 5 rings (SSSR count). The van der Waals surface area contributed by atoms with Crippen molar-refractivity contribution < 1.29 is 9.53 Å². The van der Waals surface area contributed by atoms with Crippen molar-refractivity contribution >= 4 is 22.0 Å². The van der Waals surface area contributed by atoms with Crippen molar-refractivity contribution in [1.29, 1.82) is 0 Å². The Labute approximate surface area is 211 Å². The summed E-state index contributed by atoms with van der Waals surface area (Å²) in [6, 6.07) is 27.0. The van der Waals surface area contributed by atoms with Crippen molar-refractivity contribution in [3.63, 3.8) is 0 Å². The Balaban J connectivity index is 1.45. The molecule has 0 unspecified atom stereocenters. The Morgan fingerprint density at radius 1 is 0.914 bits per heavy atom. The van der Waals surface area contributed by atoms with Crippen LogP contribution in [0.3, 0.4) is 0 Å². The fraction of sp³-hybridized carbons (Fsp3) is 0.179. The molecule has 6 nitrogen and oxygen atoms in total. The number of hydrogen-bond donors (Lipinski definition) is 0. The number of aromatic nitrogens is 2. The highest BCUT2D eigenvalue weighted by atomic mass is 79.9. The Morgan fingerprint density at radius 2 is 1.57 bits per heavy atom. The second-order valence-electron chi connectivity index (χ2n) is 8.49. The third-order valence-electron chi connectivity index (χ3n) is 6.07. The number of ether oxygens (including phenoxy) is 1. The van der Waals surface area contributed by atoms with Crippen LogP contribution in [-0.2, 0) is 25.9 Å². The van der Waals surface area contributed by atoms with Crippen molar-refractivity contribution in [2.45, 2.75) is 25.9 Å². The molecule has 4 aromatic rings. The Bertz CT molecular complexity index is 1390. The van der Waals surface area contributed by atoms with E-state index in [9.17, 15) is 9.59 Å². The van der Waals surface area contributed by atoms with E-state index in [2.05, 4.69) is 15.9 Å². The highest BCUT2D eigenvalue weighted by Crippen LogP contribution is 2.21. The zero-order valence-electron chi connectivity index (χ0n) is 19.1. The number of nitrogens with zero attached hydrogens (tertiary/aromatic N) is 3. The van der Waals surface area contributed by atoms with Gasteiger partial charge in [0.2, 0.25) is 0 Å². The van der Waals surface area contributed by atoms with Crippen LogP contribution in [-0.4, -0.2) is 27.1 Å². The maximum Gasteiger partial charge on any atom is 0.415 e. The van der Waals surface area contributed by atoms with Gasteiger partial charge in [0.1, 0.15) is 11.6 Å². The van der Waals surface area contributed by atoms with Gasteiger partial charge in [0.15, 0.2) is 0 Å². The smallest absolute Gasteiger partial charge is 0.410 e. The van der Waals surface area contributed by atoms with Crippen LogP contribution >= 0.6 is 15.9 Å². The molecule has 0 aliphatic carbocycles. The lowest BCUT2D eigenvalue weighted by molar-refractivity contribution is 0.145. The molecule has 176 valence electrons. The van der Waals surface area contributed by atoms with Gasteiger partial charge >= 0.3 is 6.09 Å². The summed E-state index contributed by atoms with van der Waals surface area (Å²) in [7, 11) is 0. The first-order valence-electron chi connectivity index (χ1n) is 11.5. The topological polar surface area (TPSA) is 64.4 Å². The van der Waals surface area contributed by atoms with Crippen molar-refractivity contribution in [3.05, 3.63) is 128 Å². The van der Waals surface area contributed by atoms with E-state index in [1.165, 1.54) is 0 Å². The van der Waals surface area contributed by atoms with Gasteiger partial charge in [0, 0.05) is 23.0 Å². The van der Waals surface area contributed by atoms with Crippen molar-refractivity contribution in [3.8, 4) is 5.75 Å². The van der Waals surface area contributed by atoms with E-state index in [4.69, 9.17) is 9.72 Å². The van der Waals surface area contributed by atoms with E-state index in [0.29, 0.717) is 48.8 Å². The van der Waals surface area contributed by atoms with Crippen molar-refractivity contribution in [1.82, 2.24) is 14.5 Å². The zero-order valence-corrected chi connectivity index (χ0v) is 20.6. The summed E-state index contributed by atoms with van der Waals surface area (Å²) in [5.41, 5.74) is 3.39. The summed E-state index contributed by atoms with van der Waals surface area (Å²) in [6.07, 6.45) is 0.522. The number of amides is 1. The number of fused-ring (bicyclic) bond motifs is 1. The maximum absolute atomic E-state index is 13.6. The number of rotatable bonds is 5. The van der Waals surface area contributed by atoms with Crippen LogP contribution < -0.4 is 10.3 Å². The first kappa shape index (κ1) is 23.1. The number of halogens is 1. The van der Waals surface area contributed by atoms with Gasteiger partial charge in [0.05, 0.1) is 18.8 Å². The molecule has 0 spiro atoms. The molecule has 1 aromatic heterocycles. The van der Waals surface area contributed by atoms with Crippen LogP contribution in [0, 0.1) is 0 Å². The van der Waals surface area contributed by atoms with Crippen LogP contribution in [0.15, 0.2) is 94.2 Å². The predicted octanol–water partition coefficient (Wildman–Crippen LogP) is 5.20. The molecule has 0 saturated carbocycles. The molecular weight excluding hydrogens is 506 g/mol. The van der Waals surface area contributed by atoms with Gasteiger partial charge in [-0.3, -0.25) is 9.36 Å². The SMILES string of the molecule is O=C(Oc1ccc(Br)cc1)N1CCc2c(nc(Cc3ccccc3)n(Cc3ccccc3)c2=O)C1. The van der Waals surface area contributed by atoms with Crippen LogP contribution in [0.5, 0.6) is 5.75 Å². The minimum absolute atomic E-state index is 0.0364. The average molecular weight is 530 g/mol. The minimum Gasteiger partial charge on any atom is -0.410 e.